The van der Waals surface area contributed by atoms with Gasteiger partial charge in [0.25, 0.3) is 11.8 Å². The summed E-state index contributed by atoms with van der Waals surface area (Å²) in [6.45, 7) is 6.00. The van der Waals surface area contributed by atoms with E-state index >= 15 is 4.79 Å². The van der Waals surface area contributed by atoms with Gasteiger partial charge >= 0.3 is 0 Å². The molecule has 8 nitrogen and oxygen atoms in total. The van der Waals surface area contributed by atoms with E-state index in [1.165, 1.54) is 22.7 Å². The molecule has 11 heteroatoms. The van der Waals surface area contributed by atoms with Gasteiger partial charge in [-0.2, -0.15) is 0 Å². The first kappa shape index (κ1) is 30.2. The molecule has 4 heterocycles. The largest absolute Gasteiger partial charge is 0.450 e. The number of para-hydroxylation sites is 1. The Morgan fingerprint density at radius 3 is 2.48 bits per heavy atom. The summed E-state index contributed by atoms with van der Waals surface area (Å²) in [4.78, 5) is 47.4. The van der Waals surface area contributed by atoms with E-state index in [0.717, 1.165) is 33.6 Å². The van der Waals surface area contributed by atoms with Crippen molar-refractivity contribution in [2.24, 2.45) is 0 Å². The zero-order chi connectivity index (χ0) is 33.3. The predicted molar refractivity (Wildman–Crippen MR) is 184 cm³/mol. The summed E-state index contributed by atoms with van der Waals surface area (Å²) in [6, 6.07) is 25.0. The van der Waals surface area contributed by atoms with E-state index in [4.69, 9.17) is 4.42 Å². The lowest BCUT2D eigenvalue weighted by Gasteiger charge is -2.32. The summed E-state index contributed by atoms with van der Waals surface area (Å²) in [5.74, 6) is -1.38. The van der Waals surface area contributed by atoms with Gasteiger partial charge in [-0.1, -0.05) is 89.3 Å². The third kappa shape index (κ3) is 4.45. The minimum Gasteiger partial charge on any atom is -0.450 e. The number of carbonyl (C=O) groups excluding carboxylic acids is 2. The molecule has 2 aliphatic heterocycles. The van der Waals surface area contributed by atoms with Gasteiger partial charge in [0, 0.05) is 11.3 Å². The third-order valence-corrected chi connectivity index (χ3v) is 11.2. The quantitative estimate of drug-likeness (QED) is 0.134. The average molecular weight is 675 g/mol. The molecule has 4 aromatic carbocycles. The van der Waals surface area contributed by atoms with Crippen LogP contribution in [0.3, 0.4) is 0 Å². The average Bonchev–Trinajstić information content (AvgIpc) is 3.71. The van der Waals surface area contributed by atoms with Crippen molar-refractivity contribution in [2.45, 2.75) is 42.9 Å². The summed E-state index contributed by atoms with van der Waals surface area (Å²) in [6.07, 6.45) is 0. The fourth-order valence-corrected chi connectivity index (χ4v) is 8.55. The van der Waals surface area contributed by atoms with Crippen molar-refractivity contribution < 1.29 is 18.4 Å². The Morgan fingerprint density at radius 2 is 1.67 bits per heavy atom. The molecule has 0 N–H and O–H groups in total. The van der Waals surface area contributed by atoms with E-state index in [0.29, 0.717) is 21.2 Å². The SMILES string of the molecule is Cc1cccc(CN2C(=O)C3(c4ccccc42)c2c(oc4cc(C)c(C)cc4c2=O)C(=O)N3c2nnc(SCc3ccccc3F)s2)c1. The maximum atomic E-state index is 15.2. The summed E-state index contributed by atoms with van der Waals surface area (Å²) in [5.41, 5.74) is 3.14. The smallest absolute Gasteiger partial charge is 0.297 e. The van der Waals surface area contributed by atoms with Crippen LogP contribution in [0, 0.1) is 26.6 Å². The highest BCUT2D eigenvalue weighted by molar-refractivity contribution is 8.00. The van der Waals surface area contributed by atoms with Gasteiger partial charge in [-0.05, 0) is 67.3 Å². The molecular formula is C37H27FN4O4S2. The van der Waals surface area contributed by atoms with E-state index < -0.39 is 22.8 Å². The second kappa shape index (κ2) is 11.2. The van der Waals surface area contributed by atoms with Crippen LogP contribution in [0.15, 0.2) is 98.5 Å². The van der Waals surface area contributed by atoms with Gasteiger partial charge in [0.1, 0.15) is 11.4 Å². The Morgan fingerprint density at radius 1 is 0.896 bits per heavy atom. The van der Waals surface area contributed by atoms with Crippen LogP contribution >= 0.6 is 23.1 Å². The molecule has 2 aliphatic rings. The Bertz CT molecular complexity index is 2390. The van der Waals surface area contributed by atoms with Crippen LogP contribution in [0.4, 0.5) is 15.2 Å². The van der Waals surface area contributed by atoms with Crippen LogP contribution in [0.25, 0.3) is 11.0 Å². The van der Waals surface area contributed by atoms with Crippen molar-refractivity contribution in [1.82, 2.24) is 10.2 Å². The lowest BCUT2D eigenvalue weighted by atomic mass is 9.84. The van der Waals surface area contributed by atoms with Crippen LogP contribution in [-0.2, 0) is 22.6 Å². The number of thioether (sulfide) groups is 1. The molecule has 1 unspecified atom stereocenters. The summed E-state index contributed by atoms with van der Waals surface area (Å²) in [5, 5.41) is 9.11. The number of anilines is 2. The highest BCUT2D eigenvalue weighted by atomic mass is 32.2. The van der Waals surface area contributed by atoms with E-state index in [-0.39, 0.29) is 45.5 Å². The molecule has 0 aliphatic carbocycles. The molecule has 6 aromatic rings. The van der Waals surface area contributed by atoms with Gasteiger partial charge in [0.15, 0.2) is 15.3 Å². The molecule has 0 bridgehead atoms. The van der Waals surface area contributed by atoms with Gasteiger partial charge in [-0.15, -0.1) is 10.2 Å². The molecule has 8 rings (SSSR count). The monoisotopic (exact) mass is 674 g/mol. The molecular weight excluding hydrogens is 648 g/mol. The fraction of sp³-hybridized carbons (Fsp3) is 0.162. The molecule has 0 fully saturated rings. The van der Waals surface area contributed by atoms with Crippen LogP contribution in [-0.4, -0.2) is 22.0 Å². The van der Waals surface area contributed by atoms with Crippen molar-refractivity contribution in [3.8, 4) is 0 Å². The van der Waals surface area contributed by atoms with E-state index in [1.54, 1.807) is 47.4 Å². The normalized spacial score (nSPS) is 16.8. The van der Waals surface area contributed by atoms with Crippen LogP contribution < -0.4 is 15.2 Å². The number of hydrogen-bond acceptors (Lipinski definition) is 8. The predicted octanol–water partition coefficient (Wildman–Crippen LogP) is 7.45. The van der Waals surface area contributed by atoms with Crippen molar-refractivity contribution in [3.63, 3.8) is 0 Å². The lowest BCUT2D eigenvalue weighted by molar-refractivity contribution is -0.121. The molecule has 2 amide bonds. The van der Waals surface area contributed by atoms with Crippen molar-refractivity contribution >= 4 is 56.7 Å². The standard InChI is InChI=1S/C37H27FN4O4S2/c1-20-9-8-10-23(15-20)18-41-28-14-7-5-12-26(28)37(34(41)45)30-31(43)25-16-21(2)22(3)17-29(25)46-32(30)33(44)42(37)35-39-40-36(48-35)47-19-24-11-4-6-13-27(24)38/h4-17H,18-19H2,1-3H3. The summed E-state index contributed by atoms with van der Waals surface area (Å²) in [7, 11) is 0. The number of amides is 2. The van der Waals surface area contributed by atoms with Crippen LogP contribution in [0.5, 0.6) is 0 Å². The van der Waals surface area contributed by atoms with Crippen LogP contribution in [0.2, 0.25) is 0 Å². The number of halogens is 1. The number of hydrogen-bond donors (Lipinski definition) is 0. The fourth-order valence-electron chi connectivity index (χ4n) is 6.67. The zero-order valence-electron chi connectivity index (χ0n) is 26.1. The van der Waals surface area contributed by atoms with Gasteiger partial charge in [0.05, 0.1) is 23.2 Å². The van der Waals surface area contributed by atoms with Gasteiger partial charge in [0.2, 0.25) is 10.9 Å². The Balaban J connectivity index is 1.33. The number of aromatic nitrogens is 2. The van der Waals surface area contributed by atoms with Crippen molar-refractivity contribution in [2.75, 3.05) is 9.80 Å². The number of nitrogens with zero attached hydrogens (tertiary/aromatic N) is 4. The minimum absolute atomic E-state index is 0.0387. The second-order valence-corrected chi connectivity index (χ2v) is 14.2. The highest BCUT2D eigenvalue weighted by Crippen LogP contribution is 2.55. The first-order valence-corrected chi connectivity index (χ1v) is 17.1. The van der Waals surface area contributed by atoms with E-state index in [9.17, 15) is 14.0 Å². The van der Waals surface area contributed by atoms with Crippen molar-refractivity contribution in [3.05, 3.63) is 146 Å². The maximum absolute atomic E-state index is 15.2. The topological polar surface area (TPSA) is 96.6 Å². The van der Waals surface area contributed by atoms with Crippen LogP contribution in [0.1, 0.15) is 49.5 Å². The number of benzene rings is 4. The van der Waals surface area contributed by atoms with Crippen molar-refractivity contribution in [1.29, 1.82) is 0 Å². The lowest BCUT2D eigenvalue weighted by Crippen LogP contribution is -2.53. The summed E-state index contributed by atoms with van der Waals surface area (Å²) < 4.78 is 21.1. The van der Waals surface area contributed by atoms with Gasteiger partial charge in [-0.25, -0.2) is 4.39 Å². The number of carbonyl (C=O) groups is 2. The molecule has 2 aromatic heterocycles. The number of aryl methyl sites for hydroxylation is 3. The first-order chi connectivity index (χ1) is 23.2. The zero-order valence-corrected chi connectivity index (χ0v) is 27.7. The number of fused-ring (bicyclic) bond motifs is 5. The number of rotatable bonds is 6. The first-order valence-electron chi connectivity index (χ1n) is 15.3. The maximum Gasteiger partial charge on any atom is 0.297 e. The van der Waals surface area contributed by atoms with E-state index in [2.05, 4.69) is 10.2 Å². The Labute approximate surface area is 282 Å². The molecule has 1 spiro atoms. The molecule has 48 heavy (non-hydrogen) atoms. The summed E-state index contributed by atoms with van der Waals surface area (Å²) >= 11 is 2.37. The molecule has 0 saturated carbocycles. The highest BCUT2D eigenvalue weighted by Gasteiger charge is 2.66. The van der Waals surface area contributed by atoms with E-state index in [1.807, 2.05) is 57.2 Å². The molecule has 1 atom stereocenters. The molecule has 0 radical (unpaired) electrons. The van der Waals surface area contributed by atoms with Gasteiger partial charge < -0.3 is 9.32 Å². The Hall–Kier alpha value is -5.13. The second-order valence-electron chi connectivity index (χ2n) is 12.0. The Kier molecular flexibility index (Phi) is 7.08. The molecule has 0 saturated heterocycles. The molecule has 238 valence electrons. The minimum atomic E-state index is -1.90. The van der Waals surface area contributed by atoms with Gasteiger partial charge in [-0.3, -0.25) is 19.3 Å². The third-order valence-electron chi connectivity index (χ3n) is 9.06.